The van der Waals surface area contributed by atoms with Gasteiger partial charge in [0.2, 0.25) is 0 Å². The fourth-order valence-electron chi connectivity index (χ4n) is 6.45. The van der Waals surface area contributed by atoms with E-state index in [2.05, 4.69) is 66.4 Å². The highest BCUT2D eigenvalue weighted by atomic mass is 16.6. The second-order valence-corrected chi connectivity index (χ2v) is 12.5. The maximum atomic E-state index is 13.2. The van der Waals surface area contributed by atoms with Gasteiger partial charge in [-0.1, -0.05) is 26.0 Å². The summed E-state index contributed by atoms with van der Waals surface area (Å²) in [5.74, 6) is 1.24. The van der Waals surface area contributed by atoms with Crippen LogP contribution in [0.1, 0.15) is 51.0 Å². The molecule has 3 fully saturated rings. The van der Waals surface area contributed by atoms with Crippen LogP contribution in [0.15, 0.2) is 36.8 Å². The molecule has 2 unspecified atom stereocenters. The van der Waals surface area contributed by atoms with Gasteiger partial charge in [0.1, 0.15) is 11.9 Å². The fourth-order valence-corrected chi connectivity index (χ4v) is 6.45. The number of likely N-dealkylation sites (tertiary alicyclic amines) is 1. The molecule has 3 aliphatic rings. The van der Waals surface area contributed by atoms with Crippen molar-refractivity contribution in [3.63, 3.8) is 0 Å². The number of aromatic nitrogens is 5. The van der Waals surface area contributed by atoms with E-state index in [0.29, 0.717) is 5.92 Å². The number of likely N-dealkylation sites (N-methyl/N-ethyl adjacent to an activating group) is 1. The minimum atomic E-state index is -0.137. The lowest BCUT2D eigenvalue weighted by atomic mass is 9.97. The number of ether oxygens (including phenoxy) is 1. The molecule has 3 aromatic rings. The standard InChI is InChI=1S/C30H43N9O2/c1-20(2)26-16-32-39-28(14-27(34-29(26)39)21-15-31-36(5)17-21)33-22-12-23-8-9-24(13-22)38(23)30(40)41-25-18-37(19-25)11-7-6-10-35(3)4/h6-7,14-17,20,22-25,33H,8-13,18-19H2,1-5H3/b7-6+. The fraction of sp³-hybridized carbons (Fsp3) is 0.600. The van der Waals surface area contributed by atoms with Crippen molar-refractivity contribution in [1.82, 2.24) is 39.1 Å². The molecule has 11 heteroatoms. The molecule has 0 aromatic carbocycles. The Labute approximate surface area is 242 Å². The maximum absolute atomic E-state index is 13.2. The van der Waals surface area contributed by atoms with E-state index in [4.69, 9.17) is 14.8 Å². The van der Waals surface area contributed by atoms with E-state index in [1.807, 2.05) is 35.1 Å². The van der Waals surface area contributed by atoms with Gasteiger partial charge in [-0.15, -0.1) is 0 Å². The summed E-state index contributed by atoms with van der Waals surface area (Å²) in [7, 11) is 6.05. The van der Waals surface area contributed by atoms with Gasteiger partial charge in [-0.2, -0.15) is 14.7 Å². The first-order chi connectivity index (χ1) is 19.7. The van der Waals surface area contributed by atoms with Gasteiger partial charge in [0.25, 0.3) is 0 Å². The quantitative estimate of drug-likeness (QED) is 0.396. The van der Waals surface area contributed by atoms with Crippen molar-refractivity contribution in [2.45, 2.75) is 69.7 Å². The highest BCUT2D eigenvalue weighted by Gasteiger charge is 2.45. The Morgan fingerprint density at radius 3 is 2.56 bits per heavy atom. The Kier molecular flexibility index (Phi) is 7.74. The van der Waals surface area contributed by atoms with Gasteiger partial charge in [-0.3, -0.25) is 9.58 Å². The molecule has 0 saturated carbocycles. The molecule has 3 aromatic heterocycles. The minimum absolute atomic E-state index is 0.00837. The van der Waals surface area contributed by atoms with Crippen LogP contribution in [-0.4, -0.2) is 110 Å². The van der Waals surface area contributed by atoms with E-state index in [1.54, 1.807) is 4.68 Å². The van der Waals surface area contributed by atoms with E-state index >= 15 is 0 Å². The Hall–Kier alpha value is -3.44. The summed E-state index contributed by atoms with van der Waals surface area (Å²) in [6.45, 7) is 7.80. The van der Waals surface area contributed by atoms with Crippen molar-refractivity contribution >= 4 is 17.6 Å². The summed E-state index contributed by atoms with van der Waals surface area (Å²) in [5.41, 5.74) is 3.85. The number of nitrogens with zero attached hydrogens (tertiary/aromatic N) is 8. The molecule has 6 rings (SSSR count). The van der Waals surface area contributed by atoms with Gasteiger partial charge in [0.15, 0.2) is 5.65 Å². The molecule has 3 saturated heterocycles. The zero-order valence-corrected chi connectivity index (χ0v) is 24.9. The molecular formula is C30H43N9O2. The van der Waals surface area contributed by atoms with Crippen molar-refractivity contribution in [2.24, 2.45) is 7.05 Å². The summed E-state index contributed by atoms with van der Waals surface area (Å²) < 4.78 is 9.67. The second-order valence-electron chi connectivity index (χ2n) is 12.5. The molecule has 1 N–H and O–H groups in total. The molecule has 2 atom stereocenters. The summed E-state index contributed by atoms with van der Waals surface area (Å²) in [6.07, 6.45) is 13.8. The van der Waals surface area contributed by atoms with Crippen LogP contribution in [-0.2, 0) is 11.8 Å². The lowest BCUT2D eigenvalue weighted by Gasteiger charge is -2.42. The van der Waals surface area contributed by atoms with Crippen molar-refractivity contribution in [3.05, 3.63) is 42.4 Å². The SMILES string of the molecule is CC(C)c1cnn2c(NC3CC4CCC(C3)N4C(=O)OC3CN(C/C=C/CN(C)C)C3)cc(-c3cnn(C)c3)nc12. The molecule has 0 spiro atoms. The van der Waals surface area contributed by atoms with E-state index in [1.165, 1.54) is 0 Å². The highest BCUT2D eigenvalue weighted by Crippen LogP contribution is 2.38. The van der Waals surface area contributed by atoms with E-state index in [9.17, 15) is 4.79 Å². The Morgan fingerprint density at radius 2 is 1.90 bits per heavy atom. The zero-order chi connectivity index (χ0) is 28.7. The third-order valence-corrected chi connectivity index (χ3v) is 8.61. The van der Waals surface area contributed by atoms with Crippen LogP contribution in [0, 0.1) is 0 Å². The Morgan fingerprint density at radius 1 is 1.15 bits per heavy atom. The number of nitrogens with one attached hydrogen (secondary N) is 1. The van der Waals surface area contributed by atoms with Crippen LogP contribution >= 0.6 is 0 Å². The number of amides is 1. The zero-order valence-electron chi connectivity index (χ0n) is 24.9. The van der Waals surface area contributed by atoms with E-state index < -0.39 is 0 Å². The predicted molar refractivity (Wildman–Crippen MR) is 159 cm³/mol. The second kappa shape index (κ2) is 11.4. The molecule has 6 heterocycles. The third kappa shape index (κ3) is 5.83. The van der Waals surface area contributed by atoms with Crippen molar-refractivity contribution in [1.29, 1.82) is 0 Å². The monoisotopic (exact) mass is 561 g/mol. The lowest BCUT2D eigenvalue weighted by molar-refractivity contribution is -0.0306. The molecule has 41 heavy (non-hydrogen) atoms. The van der Waals surface area contributed by atoms with Gasteiger partial charge >= 0.3 is 6.09 Å². The van der Waals surface area contributed by atoms with Gasteiger partial charge in [-0.25, -0.2) is 9.78 Å². The molecule has 220 valence electrons. The molecule has 2 bridgehead atoms. The number of fused-ring (bicyclic) bond motifs is 3. The molecule has 3 aliphatic heterocycles. The highest BCUT2D eigenvalue weighted by molar-refractivity contribution is 5.70. The first-order valence-electron chi connectivity index (χ1n) is 14.9. The number of piperidine rings is 1. The van der Waals surface area contributed by atoms with Crippen LogP contribution in [0.25, 0.3) is 16.9 Å². The summed E-state index contributed by atoms with van der Waals surface area (Å²) >= 11 is 0. The first kappa shape index (κ1) is 27.7. The number of carbonyl (C=O) groups excluding carboxylic acids is 1. The number of hydrogen-bond acceptors (Lipinski definition) is 8. The topological polar surface area (TPSA) is 96.1 Å². The number of carbonyl (C=O) groups is 1. The number of hydrogen-bond donors (Lipinski definition) is 1. The van der Waals surface area contributed by atoms with E-state index in [0.717, 1.165) is 80.1 Å². The molecule has 0 radical (unpaired) electrons. The predicted octanol–water partition coefficient (Wildman–Crippen LogP) is 3.60. The Balaban J connectivity index is 1.10. The third-order valence-electron chi connectivity index (χ3n) is 8.61. The molecule has 0 aliphatic carbocycles. The van der Waals surface area contributed by atoms with Gasteiger partial charge in [0, 0.05) is 74.7 Å². The summed E-state index contributed by atoms with van der Waals surface area (Å²) in [6, 6.07) is 2.70. The molecular weight excluding hydrogens is 518 g/mol. The average Bonchev–Trinajstić information content (AvgIpc) is 3.60. The van der Waals surface area contributed by atoms with Crippen LogP contribution in [0.3, 0.4) is 0 Å². The lowest BCUT2D eigenvalue weighted by Crippen LogP contribution is -2.56. The van der Waals surface area contributed by atoms with Crippen molar-refractivity contribution < 1.29 is 9.53 Å². The average molecular weight is 562 g/mol. The van der Waals surface area contributed by atoms with Crippen molar-refractivity contribution in [3.8, 4) is 11.3 Å². The van der Waals surface area contributed by atoms with Crippen LogP contribution in [0.2, 0.25) is 0 Å². The first-order valence-corrected chi connectivity index (χ1v) is 14.9. The van der Waals surface area contributed by atoms with E-state index in [-0.39, 0.29) is 30.3 Å². The normalized spacial score (nSPS) is 23.3. The van der Waals surface area contributed by atoms with Gasteiger partial charge in [-0.05, 0) is 45.7 Å². The van der Waals surface area contributed by atoms with Gasteiger partial charge in [0.05, 0.1) is 18.1 Å². The molecule has 11 nitrogen and oxygen atoms in total. The number of rotatable bonds is 9. The number of aryl methyl sites for hydroxylation is 1. The largest absolute Gasteiger partial charge is 0.443 e. The molecule has 1 amide bonds. The summed E-state index contributed by atoms with van der Waals surface area (Å²) in [5, 5.41) is 12.8. The van der Waals surface area contributed by atoms with Gasteiger partial charge < -0.3 is 19.9 Å². The smallest absolute Gasteiger partial charge is 0.410 e. The van der Waals surface area contributed by atoms with Crippen LogP contribution in [0.5, 0.6) is 0 Å². The number of anilines is 1. The summed E-state index contributed by atoms with van der Waals surface area (Å²) in [4.78, 5) is 24.7. The van der Waals surface area contributed by atoms with Crippen LogP contribution < -0.4 is 5.32 Å². The maximum Gasteiger partial charge on any atom is 0.410 e. The minimum Gasteiger partial charge on any atom is -0.443 e. The van der Waals surface area contributed by atoms with Crippen LogP contribution in [0.4, 0.5) is 10.6 Å². The van der Waals surface area contributed by atoms with Crippen molar-refractivity contribution in [2.75, 3.05) is 45.6 Å². The Bertz CT molecular complexity index is 1390.